The number of amides is 1. The van der Waals surface area contributed by atoms with Gasteiger partial charge < -0.3 is 15.8 Å². The van der Waals surface area contributed by atoms with Gasteiger partial charge in [-0.15, -0.1) is 12.4 Å². The average Bonchev–Trinajstić information content (AvgIpc) is 2.62. The zero-order valence-electron chi connectivity index (χ0n) is 14.1. The molecule has 0 radical (unpaired) electrons. The molecule has 0 aliphatic heterocycles. The van der Waals surface area contributed by atoms with E-state index in [1.54, 1.807) is 0 Å². The summed E-state index contributed by atoms with van der Waals surface area (Å²) in [6.45, 7) is 1.08. The highest BCUT2D eigenvalue weighted by Crippen LogP contribution is 2.28. The van der Waals surface area contributed by atoms with E-state index >= 15 is 0 Å². The molecule has 0 spiro atoms. The number of hydrogen-bond acceptors (Lipinski definition) is 3. The summed E-state index contributed by atoms with van der Waals surface area (Å²) >= 11 is 6.20. The first-order chi connectivity index (χ1) is 12.1. The Balaban J connectivity index is 0.00000243. The van der Waals surface area contributed by atoms with Crippen LogP contribution in [0.3, 0.4) is 0 Å². The van der Waals surface area contributed by atoms with Crippen LogP contribution in [0.2, 0.25) is 5.02 Å². The second-order valence-corrected chi connectivity index (χ2v) is 6.12. The smallest absolute Gasteiger partial charge is 0.255 e. The van der Waals surface area contributed by atoms with Gasteiger partial charge in [-0.3, -0.25) is 4.79 Å². The first-order valence-electron chi connectivity index (χ1n) is 8.01. The summed E-state index contributed by atoms with van der Waals surface area (Å²) < 4.78 is 5.59. The van der Waals surface area contributed by atoms with E-state index in [0.29, 0.717) is 18.8 Å². The lowest BCUT2D eigenvalue weighted by Gasteiger charge is -2.15. The summed E-state index contributed by atoms with van der Waals surface area (Å²) in [7, 11) is 0. The summed E-state index contributed by atoms with van der Waals surface area (Å²) in [4.78, 5) is 11.1. The molecule has 0 aromatic heterocycles. The van der Waals surface area contributed by atoms with Crippen LogP contribution >= 0.6 is 24.0 Å². The number of nitrogens with two attached hydrogens (primary N) is 1. The van der Waals surface area contributed by atoms with Gasteiger partial charge in [-0.2, -0.15) is 0 Å². The SMILES string of the molecule is Cl.NC(=O)COc1ccc2ccccc2c1CNCc1ccccc1Cl. The first kappa shape index (κ1) is 20.0. The Bertz CT molecular complexity index is 900. The largest absolute Gasteiger partial charge is 0.483 e. The van der Waals surface area contributed by atoms with Crippen LogP contribution in [-0.2, 0) is 17.9 Å². The lowest BCUT2D eigenvalue weighted by molar-refractivity contribution is -0.119. The Hall–Kier alpha value is -2.27. The van der Waals surface area contributed by atoms with Crippen LogP contribution in [-0.4, -0.2) is 12.5 Å². The normalized spacial score (nSPS) is 10.3. The van der Waals surface area contributed by atoms with E-state index in [1.807, 2.05) is 60.7 Å². The summed E-state index contributed by atoms with van der Waals surface area (Å²) in [6.07, 6.45) is 0. The second kappa shape index (κ2) is 9.43. The number of ether oxygens (including phenoxy) is 1. The molecule has 3 aromatic rings. The van der Waals surface area contributed by atoms with Gasteiger partial charge in [0.15, 0.2) is 6.61 Å². The monoisotopic (exact) mass is 390 g/mol. The average molecular weight is 391 g/mol. The summed E-state index contributed by atoms with van der Waals surface area (Å²) in [5.74, 6) is 0.160. The molecule has 4 nitrogen and oxygen atoms in total. The zero-order chi connectivity index (χ0) is 17.6. The maximum Gasteiger partial charge on any atom is 0.255 e. The van der Waals surface area contributed by atoms with Crippen molar-refractivity contribution in [3.8, 4) is 5.75 Å². The number of carbonyl (C=O) groups is 1. The van der Waals surface area contributed by atoms with Gasteiger partial charge >= 0.3 is 0 Å². The second-order valence-electron chi connectivity index (χ2n) is 5.71. The van der Waals surface area contributed by atoms with E-state index < -0.39 is 5.91 Å². The number of fused-ring (bicyclic) bond motifs is 1. The highest BCUT2D eigenvalue weighted by molar-refractivity contribution is 6.31. The molecule has 3 aromatic carbocycles. The van der Waals surface area contributed by atoms with Gasteiger partial charge in [0.2, 0.25) is 0 Å². The van der Waals surface area contributed by atoms with Crippen LogP contribution in [0, 0.1) is 0 Å². The van der Waals surface area contributed by atoms with E-state index in [9.17, 15) is 4.79 Å². The molecule has 0 atom stereocenters. The van der Waals surface area contributed by atoms with Crippen molar-refractivity contribution in [2.75, 3.05) is 6.61 Å². The highest BCUT2D eigenvalue weighted by atomic mass is 35.5. The van der Waals surface area contributed by atoms with Crippen LogP contribution in [0.5, 0.6) is 5.75 Å². The van der Waals surface area contributed by atoms with Gasteiger partial charge in [0.05, 0.1) is 0 Å². The number of primary amides is 1. The van der Waals surface area contributed by atoms with E-state index in [1.165, 1.54) is 0 Å². The molecule has 1 amide bonds. The van der Waals surface area contributed by atoms with E-state index in [-0.39, 0.29) is 19.0 Å². The molecule has 0 aliphatic rings. The van der Waals surface area contributed by atoms with Crippen molar-refractivity contribution in [3.05, 3.63) is 76.8 Å². The van der Waals surface area contributed by atoms with E-state index in [4.69, 9.17) is 22.1 Å². The molecular weight excluding hydrogens is 371 g/mol. The topological polar surface area (TPSA) is 64.4 Å². The quantitative estimate of drug-likeness (QED) is 0.638. The molecular formula is C20H20Cl2N2O2. The van der Waals surface area contributed by atoms with Gasteiger partial charge in [0, 0.05) is 23.7 Å². The fourth-order valence-corrected chi connectivity index (χ4v) is 2.95. The molecule has 6 heteroatoms. The van der Waals surface area contributed by atoms with Crippen molar-refractivity contribution >= 4 is 40.7 Å². The van der Waals surface area contributed by atoms with Crippen LogP contribution < -0.4 is 15.8 Å². The van der Waals surface area contributed by atoms with Crippen LogP contribution in [0.1, 0.15) is 11.1 Å². The fourth-order valence-electron chi connectivity index (χ4n) is 2.75. The van der Waals surface area contributed by atoms with Crippen LogP contribution in [0.25, 0.3) is 10.8 Å². The molecule has 0 saturated heterocycles. The maximum atomic E-state index is 11.1. The predicted octanol–water partition coefficient (Wildman–Crippen LogP) is 4.07. The van der Waals surface area contributed by atoms with Gasteiger partial charge in [-0.25, -0.2) is 0 Å². The third-order valence-electron chi connectivity index (χ3n) is 3.94. The number of nitrogens with one attached hydrogen (secondary N) is 1. The molecule has 0 unspecified atom stereocenters. The molecule has 3 N–H and O–H groups in total. The molecule has 0 saturated carbocycles. The molecule has 0 aliphatic carbocycles. The minimum Gasteiger partial charge on any atom is -0.483 e. The maximum absolute atomic E-state index is 11.1. The lowest BCUT2D eigenvalue weighted by atomic mass is 10.0. The Morgan fingerprint density at radius 3 is 2.50 bits per heavy atom. The number of halogens is 2. The molecule has 136 valence electrons. The third kappa shape index (κ3) is 4.88. The van der Waals surface area contributed by atoms with Gasteiger partial charge in [-0.1, -0.05) is 60.1 Å². The number of benzene rings is 3. The summed E-state index contributed by atoms with van der Waals surface area (Å²) in [5.41, 5.74) is 7.23. The number of rotatable bonds is 7. The Kier molecular flexibility index (Phi) is 7.27. The predicted molar refractivity (Wildman–Crippen MR) is 108 cm³/mol. The van der Waals surface area contributed by atoms with Crippen LogP contribution in [0.4, 0.5) is 0 Å². The minimum atomic E-state index is -0.497. The van der Waals surface area contributed by atoms with Crippen molar-refractivity contribution in [2.45, 2.75) is 13.1 Å². The van der Waals surface area contributed by atoms with Gasteiger partial charge in [-0.05, 0) is 28.5 Å². The minimum absolute atomic E-state index is 0. The fraction of sp³-hybridized carbons (Fsp3) is 0.150. The van der Waals surface area contributed by atoms with Crippen molar-refractivity contribution in [3.63, 3.8) is 0 Å². The Morgan fingerprint density at radius 2 is 1.73 bits per heavy atom. The zero-order valence-corrected chi connectivity index (χ0v) is 15.6. The van der Waals surface area contributed by atoms with Crippen LogP contribution in [0.15, 0.2) is 60.7 Å². The summed E-state index contributed by atoms with van der Waals surface area (Å²) in [6, 6.07) is 19.6. The first-order valence-corrected chi connectivity index (χ1v) is 8.39. The van der Waals surface area contributed by atoms with Crippen molar-refractivity contribution in [1.82, 2.24) is 5.32 Å². The highest BCUT2D eigenvalue weighted by Gasteiger charge is 2.10. The van der Waals surface area contributed by atoms with E-state index in [0.717, 1.165) is 26.9 Å². The van der Waals surface area contributed by atoms with Crippen molar-refractivity contribution in [1.29, 1.82) is 0 Å². The molecule has 0 fully saturated rings. The summed E-state index contributed by atoms with van der Waals surface area (Å²) in [5, 5.41) is 6.33. The Morgan fingerprint density at radius 1 is 1.00 bits per heavy atom. The number of carbonyl (C=O) groups excluding carboxylic acids is 1. The lowest BCUT2D eigenvalue weighted by Crippen LogP contribution is -2.21. The molecule has 3 rings (SSSR count). The molecule has 0 heterocycles. The van der Waals surface area contributed by atoms with Crippen molar-refractivity contribution < 1.29 is 9.53 Å². The molecule has 26 heavy (non-hydrogen) atoms. The Labute approximate surface area is 163 Å². The standard InChI is InChI=1S/C20H19ClN2O2.ClH/c21-18-8-4-2-6-15(18)11-23-12-17-16-7-3-1-5-14(16)9-10-19(17)25-13-20(22)24;/h1-10,23H,11-13H2,(H2,22,24);1H. The van der Waals surface area contributed by atoms with Gasteiger partial charge in [0.1, 0.15) is 5.75 Å². The van der Waals surface area contributed by atoms with Crippen molar-refractivity contribution in [2.24, 2.45) is 5.73 Å². The number of hydrogen-bond donors (Lipinski definition) is 2. The third-order valence-corrected chi connectivity index (χ3v) is 4.31. The van der Waals surface area contributed by atoms with E-state index in [2.05, 4.69) is 5.32 Å². The van der Waals surface area contributed by atoms with Gasteiger partial charge in [0.25, 0.3) is 5.91 Å². The molecule has 0 bridgehead atoms.